The molecule has 0 aliphatic carbocycles. The number of likely N-dealkylation sites (tertiary alicyclic amines) is 1. The molecule has 0 amide bonds. The van der Waals surface area contributed by atoms with Gasteiger partial charge in [0.05, 0.1) is 0 Å². The quantitative estimate of drug-likeness (QED) is 0.868. The summed E-state index contributed by atoms with van der Waals surface area (Å²) in [4.78, 5) is 2.49. The molecule has 0 aromatic heterocycles. The van der Waals surface area contributed by atoms with Gasteiger partial charge in [-0.15, -0.1) is 0 Å². The smallest absolute Gasteiger partial charge is 0.162 e. The number of hydrogen-bond acceptors (Lipinski definition) is 3. The van der Waals surface area contributed by atoms with Crippen LogP contribution in [0.4, 0.5) is 0 Å². The molecule has 0 saturated carbocycles. The van der Waals surface area contributed by atoms with Gasteiger partial charge >= 0.3 is 0 Å². The first kappa shape index (κ1) is 14.9. The number of methoxy groups -OCH3 is 1. The second-order valence-electron chi connectivity index (χ2n) is 6.58. The number of benzene rings is 2. The maximum absolute atomic E-state index is 6.41. The minimum atomic E-state index is -0.218. The van der Waals surface area contributed by atoms with Gasteiger partial charge in [0.1, 0.15) is 5.60 Å². The van der Waals surface area contributed by atoms with Gasteiger partial charge in [-0.05, 0) is 23.1 Å². The van der Waals surface area contributed by atoms with Gasteiger partial charge in [-0.1, -0.05) is 54.6 Å². The Morgan fingerprint density at radius 1 is 1.13 bits per heavy atom. The van der Waals surface area contributed by atoms with Crippen LogP contribution in [0.5, 0.6) is 0 Å². The Morgan fingerprint density at radius 2 is 1.91 bits per heavy atom. The summed E-state index contributed by atoms with van der Waals surface area (Å²) in [7, 11) is 1.74. The zero-order valence-corrected chi connectivity index (χ0v) is 13.6. The molecule has 3 heteroatoms. The van der Waals surface area contributed by atoms with E-state index >= 15 is 0 Å². The first-order valence-corrected chi connectivity index (χ1v) is 8.34. The summed E-state index contributed by atoms with van der Waals surface area (Å²) in [6.07, 6.45) is 1.73. The number of nitrogens with zero attached hydrogens (tertiary/aromatic N) is 1. The van der Waals surface area contributed by atoms with Crippen molar-refractivity contribution >= 4 is 0 Å². The first-order chi connectivity index (χ1) is 11.3. The highest BCUT2D eigenvalue weighted by molar-refractivity contribution is 5.36. The lowest BCUT2D eigenvalue weighted by Gasteiger charge is -2.39. The van der Waals surface area contributed by atoms with Gasteiger partial charge in [0, 0.05) is 33.2 Å². The predicted molar refractivity (Wildman–Crippen MR) is 90.0 cm³/mol. The average Bonchev–Trinajstić information content (AvgIpc) is 2.99. The van der Waals surface area contributed by atoms with E-state index in [1.807, 2.05) is 0 Å². The van der Waals surface area contributed by atoms with Crippen molar-refractivity contribution in [2.45, 2.75) is 31.3 Å². The molecule has 2 aliphatic rings. The molecule has 2 aromatic carbocycles. The number of ether oxygens (including phenoxy) is 2. The van der Waals surface area contributed by atoms with E-state index in [-0.39, 0.29) is 11.9 Å². The Labute approximate surface area is 137 Å². The third-order valence-corrected chi connectivity index (χ3v) is 5.07. The van der Waals surface area contributed by atoms with Gasteiger partial charge < -0.3 is 9.47 Å². The summed E-state index contributed by atoms with van der Waals surface area (Å²) < 4.78 is 12.0. The number of hydrogen-bond donors (Lipinski definition) is 0. The predicted octanol–water partition coefficient (Wildman–Crippen LogP) is 3.33. The molecule has 0 unspecified atom stereocenters. The van der Waals surface area contributed by atoms with Gasteiger partial charge in [0.15, 0.2) is 6.29 Å². The van der Waals surface area contributed by atoms with Gasteiger partial charge in [-0.2, -0.15) is 0 Å². The summed E-state index contributed by atoms with van der Waals surface area (Å²) in [6, 6.07) is 19.3. The summed E-state index contributed by atoms with van der Waals surface area (Å²) in [5, 5.41) is 0. The van der Waals surface area contributed by atoms with E-state index < -0.39 is 0 Å². The molecular weight excluding hydrogens is 286 g/mol. The lowest BCUT2D eigenvalue weighted by molar-refractivity contribution is -0.208. The van der Waals surface area contributed by atoms with Crippen LogP contribution in [0.3, 0.4) is 0 Å². The van der Waals surface area contributed by atoms with E-state index in [0.717, 1.165) is 32.5 Å². The van der Waals surface area contributed by atoms with Crippen LogP contribution in [-0.2, 0) is 28.0 Å². The van der Waals surface area contributed by atoms with Crippen molar-refractivity contribution in [2.24, 2.45) is 0 Å². The normalized spacial score (nSPS) is 27.3. The van der Waals surface area contributed by atoms with Gasteiger partial charge in [0.2, 0.25) is 0 Å². The second kappa shape index (κ2) is 6.08. The molecule has 120 valence electrons. The standard InChI is InChI=1S/C20H23NO2/c1-22-19-13-17-9-5-6-10-18(17)20(23-19)11-12-21(15-20)14-16-7-3-2-4-8-16/h2-10,19H,11-15H2,1H3/t19-,20+/m1/s1. The zero-order valence-electron chi connectivity index (χ0n) is 13.6. The Bertz CT molecular complexity index is 672. The van der Waals surface area contributed by atoms with Crippen molar-refractivity contribution < 1.29 is 9.47 Å². The monoisotopic (exact) mass is 309 g/mol. The summed E-state index contributed by atoms with van der Waals surface area (Å²) >= 11 is 0. The van der Waals surface area contributed by atoms with Crippen LogP contribution in [0.25, 0.3) is 0 Å². The molecule has 23 heavy (non-hydrogen) atoms. The van der Waals surface area contributed by atoms with Crippen molar-refractivity contribution in [3.05, 3.63) is 71.3 Å². The molecular formula is C20H23NO2. The summed E-state index contributed by atoms with van der Waals surface area (Å²) in [5.41, 5.74) is 3.86. The average molecular weight is 309 g/mol. The maximum atomic E-state index is 6.41. The van der Waals surface area contributed by atoms with Crippen LogP contribution < -0.4 is 0 Å². The van der Waals surface area contributed by atoms with Gasteiger partial charge in [-0.25, -0.2) is 0 Å². The molecule has 0 N–H and O–H groups in total. The molecule has 1 saturated heterocycles. The Kier molecular flexibility index (Phi) is 3.93. The Hall–Kier alpha value is -1.68. The fourth-order valence-corrected chi connectivity index (χ4v) is 3.96. The van der Waals surface area contributed by atoms with E-state index in [0.29, 0.717) is 0 Å². The first-order valence-electron chi connectivity index (χ1n) is 8.34. The SMILES string of the molecule is CO[C@H]1Cc2ccccc2[C@@]2(CCN(Cc3ccccc3)C2)O1. The van der Waals surface area contributed by atoms with E-state index in [4.69, 9.17) is 9.47 Å². The van der Waals surface area contributed by atoms with Crippen LogP contribution in [-0.4, -0.2) is 31.4 Å². The molecule has 4 rings (SSSR count). The zero-order chi connectivity index (χ0) is 15.7. The molecule has 3 nitrogen and oxygen atoms in total. The van der Waals surface area contributed by atoms with E-state index in [2.05, 4.69) is 59.5 Å². The number of rotatable bonds is 3. The topological polar surface area (TPSA) is 21.7 Å². The lowest BCUT2D eigenvalue weighted by atomic mass is 9.85. The van der Waals surface area contributed by atoms with Crippen molar-refractivity contribution in [1.29, 1.82) is 0 Å². The molecule has 2 aromatic rings. The van der Waals surface area contributed by atoms with Crippen molar-refractivity contribution in [3.63, 3.8) is 0 Å². The largest absolute Gasteiger partial charge is 0.355 e. The van der Waals surface area contributed by atoms with Crippen molar-refractivity contribution in [2.75, 3.05) is 20.2 Å². The minimum absolute atomic E-state index is 0.137. The summed E-state index contributed by atoms with van der Waals surface area (Å²) in [5.74, 6) is 0. The van der Waals surface area contributed by atoms with Crippen molar-refractivity contribution in [1.82, 2.24) is 4.90 Å². The van der Waals surface area contributed by atoms with Gasteiger partial charge in [-0.3, -0.25) is 4.90 Å². The molecule has 1 spiro atoms. The third-order valence-electron chi connectivity index (χ3n) is 5.07. The highest BCUT2D eigenvalue weighted by atomic mass is 16.7. The van der Waals surface area contributed by atoms with Crippen LogP contribution >= 0.6 is 0 Å². The fourth-order valence-electron chi connectivity index (χ4n) is 3.96. The second-order valence-corrected chi connectivity index (χ2v) is 6.58. The molecule has 0 bridgehead atoms. The molecule has 2 atom stereocenters. The van der Waals surface area contributed by atoms with E-state index in [1.54, 1.807) is 7.11 Å². The molecule has 2 heterocycles. The van der Waals surface area contributed by atoms with Crippen LogP contribution in [0.15, 0.2) is 54.6 Å². The number of fused-ring (bicyclic) bond motifs is 2. The fraction of sp³-hybridized carbons (Fsp3) is 0.400. The minimum Gasteiger partial charge on any atom is -0.355 e. The maximum Gasteiger partial charge on any atom is 0.162 e. The van der Waals surface area contributed by atoms with Crippen LogP contribution in [0.1, 0.15) is 23.1 Å². The molecule has 1 fully saturated rings. The lowest BCUT2D eigenvalue weighted by Crippen LogP contribution is -2.43. The highest BCUT2D eigenvalue weighted by Gasteiger charge is 2.46. The van der Waals surface area contributed by atoms with Gasteiger partial charge in [0.25, 0.3) is 0 Å². The Morgan fingerprint density at radius 3 is 2.74 bits per heavy atom. The highest BCUT2D eigenvalue weighted by Crippen LogP contribution is 2.42. The van der Waals surface area contributed by atoms with Crippen LogP contribution in [0.2, 0.25) is 0 Å². The molecule has 2 aliphatic heterocycles. The van der Waals surface area contributed by atoms with E-state index in [9.17, 15) is 0 Å². The Balaban J connectivity index is 1.59. The third kappa shape index (κ3) is 2.80. The van der Waals surface area contributed by atoms with Crippen LogP contribution in [0, 0.1) is 0 Å². The van der Waals surface area contributed by atoms with E-state index in [1.165, 1.54) is 16.7 Å². The summed E-state index contributed by atoms with van der Waals surface area (Å²) in [6.45, 7) is 2.96. The molecule has 0 radical (unpaired) electrons. The van der Waals surface area contributed by atoms with Crippen molar-refractivity contribution in [3.8, 4) is 0 Å².